The number of carbonyl (C=O) groups is 2. The molecule has 0 bridgehead atoms. The Labute approximate surface area is 114 Å². The lowest BCUT2D eigenvalue weighted by molar-refractivity contribution is -0.137. The van der Waals surface area contributed by atoms with Gasteiger partial charge in [0.1, 0.15) is 0 Å². The van der Waals surface area contributed by atoms with Crippen LogP contribution in [0.1, 0.15) is 12.0 Å². The van der Waals surface area contributed by atoms with E-state index >= 15 is 0 Å². The molecule has 0 heterocycles. The molecule has 0 atom stereocenters. The molecule has 0 radical (unpaired) electrons. The topological polar surface area (TPSA) is 57.6 Å². The zero-order valence-corrected chi connectivity index (χ0v) is 11.6. The first kappa shape index (κ1) is 14.4. The molecule has 4 nitrogen and oxygen atoms in total. The lowest BCUT2D eigenvalue weighted by Crippen LogP contribution is -2.27. The van der Waals surface area contributed by atoms with Crippen molar-refractivity contribution in [1.82, 2.24) is 4.90 Å². The van der Waals surface area contributed by atoms with Crippen molar-refractivity contribution in [1.29, 1.82) is 0 Å². The quantitative estimate of drug-likeness (QED) is 0.849. The van der Waals surface area contributed by atoms with E-state index in [2.05, 4.69) is 15.9 Å². The van der Waals surface area contributed by atoms with Gasteiger partial charge in [-0.1, -0.05) is 28.1 Å². The number of benzene rings is 1. The third-order valence-electron chi connectivity index (χ3n) is 2.33. The van der Waals surface area contributed by atoms with Gasteiger partial charge in [-0.25, -0.2) is 0 Å². The fraction of sp³-hybridized carbons (Fsp3) is 0.231. The summed E-state index contributed by atoms with van der Waals surface area (Å²) in [5.41, 5.74) is 0.915. The zero-order valence-electron chi connectivity index (χ0n) is 9.97. The number of hydrogen-bond donors (Lipinski definition) is 1. The minimum Gasteiger partial charge on any atom is -0.481 e. The highest BCUT2D eigenvalue weighted by atomic mass is 79.9. The van der Waals surface area contributed by atoms with Crippen LogP contribution in [0.15, 0.2) is 34.8 Å². The molecule has 5 heteroatoms. The molecule has 0 aliphatic carbocycles. The fourth-order valence-corrected chi connectivity index (χ4v) is 1.51. The van der Waals surface area contributed by atoms with Crippen molar-refractivity contribution in [2.24, 2.45) is 0 Å². The first-order valence-electron chi connectivity index (χ1n) is 5.39. The second kappa shape index (κ2) is 6.96. The number of halogens is 1. The fourth-order valence-electron chi connectivity index (χ4n) is 1.24. The van der Waals surface area contributed by atoms with Gasteiger partial charge < -0.3 is 10.0 Å². The maximum absolute atomic E-state index is 11.6. The third-order valence-corrected chi connectivity index (χ3v) is 2.85. The summed E-state index contributed by atoms with van der Waals surface area (Å²) in [6.45, 7) is 0.207. The number of amides is 1. The van der Waals surface area contributed by atoms with E-state index < -0.39 is 5.97 Å². The Morgan fingerprint density at radius 1 is 1.33 bits per heavy atom. The van der Waals surface area contributed by atoms with E-state index in [0.717, 1.165) is 10.0 Å². The summed E-state index contributed by atoms with van der Waals surface area (Å²) in [5.74, 6) is -1.12. The lowest BCUT2D eigenvalue weighted by Gasteiger charge is -2.13. The van der Waals surface area contributed by atoms with Crippen LogP contribution in [0.25, 0.3) is 6.08 Å². The Bertz CT molecular complexity index is 454. The molecular formula is C13H14BrNO3. The molecule has 0 unspecified atom stereocenters. The number of carbonyl (C=O) groups excluding carboxylic acids is 1. The predicted octanol–water partition coefficient (Wildman–Crippen LogP) is 2.40. The highest BCUT2D eigenvalue weighted by Gasteiger charge is 2.06. The van der Waals surface area contributed by atoms with E-state index in [0.29, 0.717) is 0 Å². The van der Waals surface area contributed by atoms with Crippen molar-refractivity contribution < 1.29 is 14.7 Å². The van der Waals surface area contributed by atoms with E-state index in [1.165, 1.54) is 11.0 Å². The standard InChI is InChI=1S/C13H14BrNO3/c1-15(9-8-13(17)18)12(16)7-4-10-2-5-11(14)6-3-10/h2-7H,8-9H2,1H3,(H,17,18). The maximum atomic E-state index is 11.6. The number of carboxylic acid groups (broad SMARTS) is 1. The molecule has 0 fully saturated rings. The van der Waals surface area contributed by atoms with Crippen LogP contribution >= 0.6 is 15.9 Å². The molecule has 1 aromatic carbocycles. The van der Waals surface area contributed by atoms with E-state index in [1.807, 2.05) is 24.3 Å². The number of likely N-dealkylation sites (N-methyl/N-ethyl adjacent to an activating group) is 1. The van der Waals surface area contributed by atoms with Crippen molar-refractivity contribution in [2.75, 3.05) is 13.6 Å². The van der Waals surface area contributed by atoms with Gasteiger partial charge >= 0.3 is 5.97 Å². The van der Waals surface area contributed by atoms with Gasteiger partial charge in [0.15, 0.2) is 0 Å². The molecule has 1 aromatic rings. The summed E-state index contributed by atoms with van der Waals surface area (Å²) in [5, 5.41) is 8.52. The Morgan fingerprint density at radius 3 is 2.50 bits per heavy atom. The Kier molecular flexibility index (Phi) is 5.58. The number of aliphatic carboxylic acids is 1. The average molecular weight is 312 g/mol. The highest BCUT2D eigenvalue weighted by Crippen LogP contribution is 2.11. The maximum Gasteiger partial charge on any atom is 0.305 e. The van der Waals surface area contributed by atoms with Gasteiger partial charge in [0.25, 0.3) is 0 Å². The Morgan fingerprint density at radius 2 is 1.94 bits per heavy atom. The van der Waals surface area contributed by atoms with Gasteiger partial charge in [-0.2, -0.15) is 0 Å². The smallest absolute Gasteiger partial charge is 0.305 e. The second-order valence-electron chi connectivity index (χ2n) is 3.79. The molecule has 0 aromatic heterocycles. The SMILES string of the molecule is CN(CCC(=O)O)C(=O)C=Cc1ccc(Br)cc1. The van der Waals surface area contributed by atoms with Crippen molar-refractivity contribution >= 4 is 33.9 Å². The molecule has 1 rings (SSSR count). The summed E-state index contributed by atoms with van der Waals surface area (Å²) in [6, 6.07) is 7.53. The van der Waals surface area contributed by atoms with Crippen molar-refractivity contribution in [3.8, 4) is 0 Å². The summed E-state index contributed by atoms with van der Waals surface area (Å²) >= 11 is 3.33. The summed E-state index contributed by atoms with van der Waals surface area (Å²) < 4.78 is 0.976. The molecule has 0 saturated heterocycles. The van der Waals surface area contributed by atoms with E-state index in [4.69, 9.17) is 5.11 Å². The number of carboxylic acids is 1. The van der Waals surface area contributed by atoms with Crippen LogP contribution in [0.5, 0.6) is 0 Å². The lowest BCUT2D eigenvalue weighted by atomic mass is 10.2. The van der Waals surface area contributed by atoms with Gasteiger partial charge in [0, 0.05) is 24.1 Å². The van der Waals surface area contributed by atoms with Crippen LogP contribution in [-0.4, -0.2) is 35.5 Å². The monoisotopic (exact) mass is 311 g/mol. The molecule has 1 N–H and O–H groups in total. The minimum atomic E-state index is -0.911. The summed E-state index contributed by atoms with van der Waals surface area (Å²) in [7, 11) is 1.58. The van der Waals surface area contributed by atoms with Crippen LogP contribution in [0.4, 0.5) is 0 Å². The van der Waals surface area contributed by atoms with E-state index in [1.54, 1.807) is 13.1 Å². The molecule has 18 heavy (non-hydrogen) atoms. The van der Waals surface area contributed by atoms with Crippen LogP contribution < -0.4 is 0 Å². The molecule has 0 spiro atoms. The first-order chi connectivity index (χ1) is 8.49. The number of nitrogens with zero attached hydrogens (tertiary/aromatic N) is 1. The molecule has 0 aliphatic rings. The second-order valence-corrected chi connectivity index (χ2v) is 4.70. The van der Waals surface area contributed by atoms with Gasteiger partial charge in [-0.05, 0) is 23.8 Å². The Hall–Kier alpha value is -1.62. The minimum absolute atomic E-state index is 0.0473. The summed E-state index contributed by atoms with van der Waals surface area (Å²) in [6.07, 6.45) is 3.09. The van der Waals surface area contributed by atoms with Crippen LogP contribution in [0.3, 0.4) is 0 Å². The molecule has 0 saturated carbocycles. The van der Waals surface area contributed by atoms with Gasteiger partial charge in [0.05, 0.1) is 6.42 Å². The largest absolute Gasteiger partial charge is 0.481 e. The average Bonchev–Trinajstić information content (AvgIpc) is 2.34. The molecule has 0 aliphatic heterocycles. The van der Waals surface area contributed by atoms with Gasteiger partial charge in [-0.3, -0.25) is 9.59 Å². The highest BCUT2D eigenvalue weighted by molar-refractivity contribution is 9.10. The number of hydrogen-bond acceptors (Lipinski definition) is 2. The van der Waals surface area contributed by atoms with Crippen molar-refractivity contribution in [2.45, 2.75) is 6.42 Å². The number of rotatable bonds is 5. The van der Waals surface area contributed by atoms with Crippen LogP contribution in [-0.2, 0) is 9.59 Å². The van der Waals surface area contributed by atoms with Gasteiger partial charge in [-0.15, -0.1) is 0 Å². The molecule has 96 valence electrons. The van der Waals surface area contributed by atoms with Crippen LogP contribution in [0.2, 0.25) is 0 Å². The van der Waals surface area contributed by atoms with Gasteiger partial charge in [0.2, 0.25) is 5.91 Å². The Balaban J connectivity index is 2.53. The van der Waals surface area contributed by atoms with Crippen molar-refractivity contribution in [3.63, 3.8) is 0 Å². The molecular weight excluding hydrogens is 298 g/mol. The predicted molar refractivity (Wildman–Crippen MR) is 73.1 cm³/mol. The first-order valence-corrected chi connectivity index (χ1v) is 6.19. The third kappa shape index (κ3) is 5.14. The summed E-state index contributed by atoms with van der Waals surface area (Å²) in [4.78, 5) is 23.4. The normalized spacial score (nSPS) is 10.6. The molecule has 1 amide bonds. The zero-order chi connectivity index (χ0) is 13.5. The van der Waals surface area contributed by atoms with E-state index in [9.17, 15) is 9.59 Å². The van der Waals surface area contributed by atoms with Crippen molar-refractivity contribution in [3.05, 3.63) is 40.4 Å². The van der Waals surface area contributed by atoms with E-state index in [-0.39, 0.29) is 18.9 Å². The van der Waals surface area contributed by atoms with Crippen LogP contribution in [0, 0.1) is 0 Å².